The molecular weight excluding hydrogens is 292 g/mol. The second-order valence-electron chi connectivity index (χ2n) is 5.11. The third-order valence-corrected chi connectivity index (χ3v) is 3.49. The molecule has 0 bridgehead atoms. The highest BCUT2D eigenvalue weighted by atomic mass is 19.3. The summed E-state index contributed by atoms with van der Waals surface area (Å²) in [6, 6.07) is 4.69. The summed E-state index contributed by atoms with van der Waals surface area (Å²) in [5.74, 6) is 0.437. The van der Waals surface area contributed by atoms with E-state index < -0.39 is 6.61 Å². The predicted octanol–water partition coefficient (Wildman–Crippen LogP) is 3.27. The van der Waals surface area contributed by atoms with Gasteiger partial charge in [-0.25, -0.2) is 0 Å². The number of nitrogens with one attached hydrogen (secondary N) is 1. The fourth-order valence-corrected chi connectivity index (χ4v) is 2.40. The molecule has 0 fully saturated rings. The summed E-state index contributed by atoms with van der Waals surface area (Å²) < 4.78 is 34.1. The third-order valence-electron chi connectivity index (χ3n) is 3.49. The minimum atomic E-state index is -2.92. The molecule has 1 aromatic rings. The van der Waals surface area contributed by atoms with Crippen molar-refractivity contribution in [2.45, 2.75) is 32.4 Å². The molecule has 4 nitrogen and oxygen atoms in total. The summed E-state index contributed by atoms with van der Waals surface area (Å²) >= 11 is 0. The van der Waals surface area contributed by atoms with Gasteiger partial charge in [-0.1, -0.05) is 18.2 Å². The van der Waals surface area contributed by atoms with Crippen molar-refractivity contribution in [3.8, 4) is 11.5 Å². The third kappa shape index (κ3) is 4.72. The Morgan fingerprint density at radius 2 is 2.23 bits per heavy atom. The van der Waals surface area contributed by atoms with Crippen LogP contribution >= 0.6 is 0 Å². The lowest BCUT2D eigenvalue weighted by atomic mass is 10.1. The van der Waals surface area contributed by atoms with Crippen LogP contribution in [-0.2, 0) is 11.3 Å². The quantitative estimate of drug-likeness (QED) is 0.786. The molecule has 6 heteroatoms. The van der Waals surface area contributed by atoms with E-state index in [0.29, 0.717) is 17.9 Å². The van der Waals surface area contributed by atoms with Crippen molar-refractivity contribution in [2.24, 2.45) is 5.92 Å². The van der Waals surface area contributed by atoms with Crippen LogP contribution < -0.4 is 14.8 Å². The van der Waals surface area contributed by atoms with Crippen LogP contribution in [0.3, 0.4) is 0 Å². The maximum Gasteiger partial charge on any atom is 0.387 e. The van der Waals surface area contributed by atoms with Gasteiger partial charge in [0.1, 0.15) is 0 Å². The van der Waals surface area contributed by atoms with Gasteiger partial charge in [0.25, 0.3) is 0 Å². The molecule has 22 heavy (non-hydrogen) atoms. The molecule has 0 saturated carbocycles. The molecule has 1 amide bonds. The number of benzene rings is 1. The Morgan fingerprint density at radius 3 is 2.86 bits per heavy atom. The molecule has 1 aliphatic rings. The van der Waals surface area contributed by atoms with Gasteiger partial charge >= 0.3 is 6.61 Å². The number of ether oxygens (including phenoxy) is 2. The first-order valence-electron chi connectivity index (χ1n) is 7.13. The first kappa shape index (κ1) is 16.3. The van der Waals surface area contributed by atoms with Crippen LogP contribution in [0.2, 0.25) is 0 Å². The lowest BCUT2D eigenvalue weighted by molar-refractivity contribution is -0.121. The van der Waals surface area contributed by atoms with Crippen molar-refractivity contribution in [3.63, 3.8) is 0 Å². The van der Waals surface area contributed by atoms with E-state index in [0.717, 1.165) is 12.8 Å². The summed E-state index contributed by atoms with van der Waals surface area (Å²) in [6.07, 6.45) is 6.61. The zero-order valence-corrected chi connectivity index (χ0v) is 12.4. The number of hydrogen-bond donors (Lipinski definition) is 1. The lowest BCUT2D eigenvalue weighted by Gasteiger charge is -2.12. The molecule has 0 unspecified atom stereocenters. The van der Waals surface area contributed by atoms with Crippen molar-refractivity contribution in [2.75, 3.05) is 7.11 Å². The molecule has 1 N–H and O–H groups in total. The minimum Gasteiger partial charge on any atom is -0.493 e. The average Bonchev–Trinajstić information content (AvgIpc) is 2.97. The van der Waals surface area contributed by atoms with Crippen LogP contribution in [0, 0.1) is 5.92 Å². The number of allylic oxidation sites excluding steroid dienone is 2. The zero-order valence-electron chi connectivity index (χ0n) is 12.4. The molecule has 0 saturated heterocycles. The monoisotopic (exact) mass is 311 g/mol. The standard InChI is InChI=1S/C16H19F2NO3/c1-21-13-7-6-12(8-14(13)22-16(17)18)10-19-15(20)9-11-4-2-3-5-11/h2,4,6-8,11,16H,3,5,9-10H2,1H3,(H,19,20)/t11-/m1/s1. The van der Waals surface area contributed by atoms with E-state index in [-0.39, 0.29) is 24.0 Å². The van der Waals surface area contributed by atoms with Crippen LogP contribution in [0.15, 0.2) is 30.4 Å². The van der Waals surface area contributed by atoms with Crippen LogP contribution in [-0.4, -0.2) is 19.6 Å². The fourth-order valence-electron chi connectivity index (χ4n) is 2.40. The van der Waals surface area contributed by atoms with E-state index in [1.165, 1.54) is 13.2 Å². The van der Waals surface area contributed by atoms with E-state index in [1.807, 2.05) is 0 Å². The number of methoxy groups -OCH3 is 1. The molecule has 0 spiro atoms. The van der Waals surface area contributed by atoms with Gasteiger partial charge in [0.05, 0.1) is 7.11 Å². The Morgan fingerprint density at radius 1 is 1.41 bits per heavy atom. The van der Waals surface area contributed by atoms with E-state index in [2.05, 4.69) is 22.2 Å². The number of carbonyl (C=O) groups excluding carboxylic acids is 1. The second kappa shape index (κ2) is 7.77. The number of alkyl halides is 2. The second-order valence-corrected chi connectivity index (χ2v) is 5.11. The Labute approximate surface area is 128 Å². The van der Waals surface area contributed by atoms with Crippen molar-refractivity contribution < 1.29 is 23.0 Å². The molecule has 0 radical (unpaired) electrons. The maximum atomic E-state index is 12.4. The molecule has 1 atom stereocenters. The normalized spacial score (nSPS) is 16.8. The van der Waals surface area contributed by atoms with Gasteiger partial charge in [-0.2, -0.15) is 8.78 Å². The van der Waals surface area contributed by atoms with E-state index in [1.54, 1.807) is 12.1 Å². The summed E-state index contributed by atoms with van der Waals surface area (Å²) in [6.45, 7) is -2.66. The van der Waals surface area contributed by atoms with Crippen molar-refractivity contribution in [1.29, 1.82) is 0 Å². The van der Waals surface area contributed by atoms with Gasteiger partial charge in [0.15, 0.2) is 11.5 Å². The molecule has 120 valence electrons. The number of rotatable bonds is 7. The summed E-state index contributed by atoms with van der Waals surface area (Å²) in [5.41, 5.74) is 0.673. The van der Waals surface area contributed by atoms with Gasteiger partial charge < -0.3 is 14.8 Å². The molecule has 0 aromatic heterocycles. The lowest BCUT2D eigenvalue weighted by Crippen LogP contribution is -2.24. The van der Waals surface area contributed by atoms with Crippen molar-refractivity contribution >= 4 is 5.91 Å². The molecule has 1 aliphatic carbocycles. The molecule has 2 rings (SSSR count). The van der Waals surface area contributed by atoms with Gasteiger partial charge in [-0.3, -0.25) is 4.79 Å². The first-order chi connectivity index (χ1) is 10.6. The topological polar surface area (TPSA) is 47.6 Å². The van der Waals surface area contributed by atoms with Crippen molar-refractivity contribution in [3.05, 3.63) is 35.9 Å². The Bertz CT molecular complexity index is 546. The Balaban J connectivity index is 1.91. The van der Waals surface area contributed by atoms with E-state index in [9.17, 15) is 13.6 Å². The molecular formula is C16H19F2NO3. The van der Waals surface area contributed by atoms with E-state index >= 15 is 0 Å². The fraction of sp³-hybridized carbons (Fsp3) is 0.438. The Hall–Kier alpha value is -2.11. The number of amides is 1. The van der Waals surface area contributed by atoms with Gasteiger partial charge in [-0.05, 0) is 36.5 Å². The number of carbonyl (C=O) groups is 1. The largest absolute Gasteiger partial charge is 0.493 e. The van der Waals surface area contributed by atoms with Gasteiger partial charge in [0.2, 0.25) is 5.91 Å². The van der Waals surface area contributed by atoms with Crippen LogP contribution in [0.1, 0.15) is 24.8 Å². The SMILES string of the molecule is COc1ccc(CNC(=O)C[C@@H]2C=CCC2)cc1OC(F)F. The number of halogens is 2. The zero-order chi connectivity index (χ0) is 15.9. The highest BCUT2D eigenvalue weighted by Gasteiger charge is 2.15. The predicted molar refractivity (Wildman–Crippen MR) is 78.0 cm³/mol. The number of hydrogen-bond acceptors (Lipinski definition) is 3. The van der Waals surface area contributed by atoms with Gasteiger partial charge in [0, 0.05) is 13.0 Å². The summed E-state index contributed by atoms with van der Waals surface area (Å²) in [5, 5.41) is 2.79. The maximum absolute atomic E-state index is 12.4. The molecule has 0 heterocycles. The molecule has 0 aliphatic heterocycles. The summed E-state index contributed by atoms with van der Waals surface area (Å²) in [4.78, 5) is 11.8. The van der Waals surface area contributed by atoms with Crippen LogP contribution in [0.25, 0.3) is 0 Å². The first-order valence-corrected chi connectivity index (χ1v) is 7.13. The van der Waals surface area contributed by atoms with E-state index in [4.69, 9.17) is 4.74 Å². The van der Waals surface area contributed by atoms with Gasteiger partial charge in [-0.15, -0.1) is 0 Å². The molecule has 1 aromatic carbocycles. The van der Waals surface area contributed by atoms with Crippen molar-refractivity contribution in [1.82, 2.24) is 5.32 Å². The summed E-state index contributed by atoms with van der Waals surface area (Å²) in [7, 11) is 1.38. The smallest absolute Gasteiger partial charge is 0.387 e. The highest BCUT2D eigenvalue weighted by molar-refractivity contribution is 5.76. The minimum absolute atomic E-state index is 0.0389. The van der Waals surface area contributed by atoms with Crippen LogP contribution in [0.4, 0.5) is 8.78 Å². The highest BCUT2D eigenvalue weighted by Crippen LogP contribution is 2.29. The Kier molecular flexibility index (Phi) is 5.75. The van der Waals surface area contributed by atoms with Crippen LogP contribution in [0.5, 0.6) is 11.5 Å². The average molecular weight is 311 g/mol.